The van der Waals surface area contributed by atoms with E-state index in [-0.39, 0.29) is 17.8 Å². The maximum Gasteiger partial charge on any atom is 0.289 e. The Morgan fingerprint density at radius 3 is 2.62 bits per heavy atom. The van der Waals surface area contributed by atoms with Crippen molar-refractivity contribution in [3.8, 4) is 0 Å². The Hall–Kier alpha value is -3.09. The zero-order valence-corrected chi connectivity index (χ0v) is 15.6. The van der Waals surface area contributed by atoms with Crippen LogP contribution in [-0.2, 0) is 0 Å². The minimum Gasteiger partial charge on any atom is -0.362 e. The van der Waals surface area contributed by atoms with Crippen LogP contribution in [0.15, 0.2) is 30.6 Å². The average Bonchev–Trinajstić information content (AvgIpc) is 2.60. The van der Waals surface area contributed by atoms with Crippen molar-refractivity contribution in [3.05, 3.63) is 53.2 Å². The van der Waals surface area contributed by atoms with Crippen LogP contribution in [0, 0.1) is 13.8 Å². The van der Waals surface area contributed by atoms with Gasteiger partial charge in [-0.15, -0.1) is 0 Å². The van der Waals surface area contributed by atoms with E-state index in [2.05, 4.69) is 25.3 Å². The molecule has 0 spiro atoms. The number of aromatic nitrogens is 4. The van der Waals surface area contributed by atoms with E-state index in [0.29, 0.717) is 11.5 Å². The molecule has 1 amide bonds. The van der Waals surface area contributed by atoms with E-state index in [1.807, 2.05) is 58.0 Å². The van der Waals surface area contributed by atoms with Gasteiger partial charge < -0.3 is 10.2 Å². The molecule has 0 unspecified atom stereocenters. The smallest absolute Gasteiger partial charge is 0.289 e. The van der Waals surface area contributed by atoms with E-state index in [1.165, 1.54) is 0 Å². The second-order valence-electron chi connectivity index (χ2n) is 6.53. The summed E-state index contributed by atoms with van der Waals surface area (Å²) in [7, 11) is 3.78. The van der Waals surface area contributed by atoms with Crippen LogP contribution >= 0.6 is 0 Å². The minimum atomic E-state index is -0.340. The van der Waals surface area contributed by atoms with Crippen LogP contribution in [0.25, 0.3) is 11.0 Å². The van der Waals surface area contributed by atoms with Gasteiger partial charge in [-0.05, 0) is 44.0 Å². The van der Waals surface area contributed by atoms with Gasteiger partial charge in [0.05, 0.1) is 11.4 Å². The summed E-state index contributed by atoms with van der Waals surface area (Å²) in [5.41, 5.74) is 3.33. The Morgan fingerprint density at radius 2 is 1.96 bits per heavy atom. The minimum absolute atomic E-state index is 0.106. The molecule has 0 aliphatic rings. The molecule has 3 aromatic heterocycles. The molecule has 0 fully saturated rings. The highest BCUT2D eigenvalue weighted by atomic mass is 16.2. The molecule has 7 heteroatoms. The lowest BCUT2D eigenvalue weighted by molar-refractivity contribution is 0.0929. The monoisotopic (exact) mass is 350 g/mol. The molecule has 0 saturated heterocycles. The van der Waals surface area contributed by atoms with Crippen molar-refractivity contribution in [3.63, 3.8) is 0 Å². The highest BCUT2D eigenvalue weighted by molar-refractivity contribution is 5.96. The summed E-state index contributed by atoms with van der Waals surface area (Å²) >= 11 is 0. The standard InChI is InChI=1S/C19H22N6O/c1-11-9-12(2)21-16-15(11)18(25(4)5)24-17(23-16)19(26)22-13(3)14-7-6-8-20-10-14/h6-10,13H,1-5H3,(H,22,26)/t13-/m0/s1. The van der Waals surface area contributed by atoms with Crippen molar-refractivity contribution < 1.29 is 4.79 Å². The Bertz CT molecular complexity index is 955. The Balaban J connectivity index is 2.00. The molecule has 0 aliphatic carbocycles. The molecule has 0 aromatic carbocycles. The number of pyridine rings is 2. The quantitative estimate of drug-likeness (QED) is 0.779. The lowest BCUT2D eigenvalue weighted by Crippen LogP contribution is -2.29. The van der Waals surface area contributed by atoms with Crippen LogP contribution < -0.4 is 10.2 Å². The first kappa shape index (κ1) is 17.7. The van der Waals surface area contributed by atoms with Gasteiger partial charge in [0.1, 0.15) is 5.82 Å². The molecule has 0 bridgehead atoms. The van der Waals surface area contributed by atoms with Crippen LogP contribution in [0.5, 0.6) is 0 Å². The Morgan fingerprint density at radius 1 is 1.19 bits per heavy atom. The fourth-order valence-electron chi connectivity index (χ4n) is 2.86. The first-order valence-electron chi connectivity index (χ1n) is 8.41. The van der Waals surface area contributed by atoms with Crippen molar-refractivity contribution >= 4 is 22.8 Å². The molecular formula is C19H22N6O. The van der Waals surface area contributed by atoms with E-state index in [1.54, 1.807) is 12.4 Å². The van der Waals surface area contributed by atoms with Gasteiger partial charge in [0.15, 0.2) is 5.65 Å². The van der Waals surface area contributed by atoms with E-state index in [4.69, 9.17) is 0 Å². The van der Waals surface area contributed by atoms with Crippen LogP contribution in [0.1, 0.15) is 40.4 Å². The summed E-state index contributed by atoms with van der Waals surface area (Å²) in [6.07, 6.45) is 3.43. The third kappa shape index (κ3) is 3.46. The van der Waals surface area contributed by atoms with E-state index in [0.717, 1.165) is 22.2 Å². The molecule has 1 atom stereocenters. The first-order valence-corrected chi connectivity index (χ1v) is 8.41. The normalized spacial score (nSPS) is 12.0. The second-order valence-corrected chi connectivity index (χ2v) is 6.53. The van der Waals surface area contributed by atoms with Gasteiger partial charge in [-0.3, -0.25) is 9.78 Å². The number of nitrogens with one attached hydrogen (secondary N) is 1. The topological polar surface area (TPSA) is 83.9 Å². The van der Waals surface area contributed by atoms with Crippen molar-refractivity contribution in [1.82, 2.24) is 25.3 Å². The number of rotatable bonds is 4. The molecule has 1 N–H and O–H groups in total. The molecule has 0 aliphatic heterocycles. The number of amides is 1. The highest BCUT2D eigenvalue weighted by Crippen LogP contribution is 2.25. The Labute approximate surface area is 152 Å². The van der Waals surface area contributed by atoms with Crippen molar-refractivity contribution in [2.24, 2.45) is 0 Å². The largest absolute Gasteiger partial charge is 0.362 e. The molecule has 26 heavy (non-hydrogen) atoms. The van der Waals surface area contributed by atoms with Gasteiger partial charge >= 0.3 is 0 Å². The molecule has 3 heterocycles. The fraction of sp³-hybridized carbons (Fsp3) is 0.316. The maximum absolute atomic E-state index is 12.7. The molecule has 134 valence electrons. The van der Waals surface area contributed by atoms with Gasteiger partial charge in [-0.2, -0.15) is 0 Å². The highest BCUT2D eigenvalue weighted by Gasteiger charge is 2.19. The van der Waals surface area contributed by atoms with Crippen molar-refractivity contribution in [2.45, 2.75) is 26.8 Å². The van der Waals surface area contributed by atoms with Crippen molar-refractivity contribution in [2.75, 3.05) is 19.0 Å². The third-order valence-electron chi connectivity index (χ3n) is 4.13. The number of carbonyl (C=O) groups excluding carboxylic acids is 1. The second kappa shape index (κ2) is 7.03. The summed E-state index contributed by atoms with van der Waals surface area (Å²) in [5, 5.41) is 3.78. The predicted molar refractivity (Wildman–Crippen MR) is 101 cm³/mol. The average molecular weight is 350 g/mol. The van der Waals surface area contributed by atoms with Crippen LogP contribution in [0.3, 0.4) is 0 Å². The Kier molecular flexibility index (Phi) is 4.79. The number of aryl methyl sites for hydroxylation is 2. The summed E-state index contributed by atoms with van der Waals surface area (Å²) in [6, 6.07) is 5.54. The molecule has 0 radical (unpaired) electrons. The number of fused-ring (bicyclic) bond motifs is 1. The fourth-order valence-corrected chi connectivity index (χ4v) is 2.86. The SMILES string of the molecule is Cc1cc(C)c2c(N(C)C)nc(C(=O)N[C@@H](C)c3cccnc3)nc2n1. The number of hydrogen-bond donors (Lipinski definition) is 1. The van der Waals surface area contributed by atoms with Crippen LogP contribution in [0.2, 0.25) is 0 Å². The first-order chi connectivity index (χ1) is 12.4. The van der Waals surface area contributed by atoms with Gasteiger partial charge in [0.25, 0.3) is 5.91 Å². The van der Waals surface area contributed by atoms with Gasteiger partial charge in [0, 0.05) is 32.2 Å². The third-order valence-corrected chi connectivity index (χ3v) is 4.13. The van der Waals surface area contributed by atoms with Crippen LogP contribution in [0.4, 0.5) is 5.82 Å². The van der Waals surface area contributed by atoms with Crippen LogP contribution in [-0.4, -0.2) is 39.9 Å². The summed E-state index contributed by atoms with van der Waals surface area (Å²) in [6.45, 7) is 5.81. The zero-order valence-electron chi connectivity index (χ0n) is 15.6. The maximum atomic E-state index is 12.7. The molecule has 3 rings (SSSR count). The number of nitrogens with zero attached hydrogens (tertiary/aromatic N) is 5. The van der Waals surface area contributed by atoms with Gasteiger partial charge in [-0.1, -0.05) is 6.07 Å². The molecular weight excluding hydrogens is 328 g/mol. The number of carbonyl (C=O) groups is 1. The molecule has 7 nitrogen and oxygen atoms in total. The van der Waals surface area contributed by atoms with Crippen molar-refractivity contribution in [1.29, 1.82) is 0 Å². The van der Waals surface area contributed by atoms with E-state index >= 15 is 0 Å². The van der Waals surface area contributed by atoms with Gasteiger partial charge in [-0.25, -0.2) is 15.0 Å². The molecule has 0 saturated carbocycles. The molecule has 3 aromatic rings. The number of hydrogen-bond acceptors (Lipinski definition) is 6. The lowest BCUT2D eigenvalue weighted by Gasteiger charge is -2.18. The predicted octanol–water partition coefficient (Wildman–Crippen LogP) is 2.59. The summed E-state index contributed by atoms with van der Waals surface area (Å²) in [4.78, 5) is 32.1. The summed E-state index contributed by atoms with van der Waals surface area (Å²) in [5.74, 6) is 0.445. The number of anilines is 1. The van der Waals surface area contributed by atoms with E-state index < -0.39 is 0 Å². The zero-order chi connectivity index (χ0) is 18.8. The van der Waals surface area contributed by atoms with Gasteiger partial charge in [0.2, 0.25) is 5.82 Å². The lowest BCUT2D eigenvalue weighted by atomic mass is 10.1. The summed E-state index contributed by atoms with van der Waals surface area (Å²) < 4.78 is 0. The van der Waals surface area contributed by atoms with E-state index in [9.17, 15) is 4.79 Å².